The first-order chi connectivity index (χ1) is 14.9. The Labute approximate surface area is 187 Å². The van der Waals surface area contributed by atoms with E-state index >= 15 is 0 Å². The Hall–Kier alpha value is -3.39. The number of halogens is 1. The molecule has 0 bridgehead atoms. The number of aromatic nitrogens is 3. The molecule has 0 unspecified atom stereocenters. The van der Waals surface area contributed by atoms with Gasteiger partial charge in [-0.25, -0.2) is 13.4 Å². The standard InChI is InChI=1S/C20H14ClN5O3S2/c1-26-18(6-7-24-26)16-4-2-14(11-17(16)21)29-19-5-3-15(10-13(19)12-22)31(27,28)25-20-23-8-9-30-20/h2-11H,1H3,(H,23,25). The molecular weight excluding hydrogens is 458 g/mol. The van der Waals surface area contributed by atoms with Crippen LogP contribution < -0.4 is 9.46 Å². The van der Waals surface area contributed by atoms with E-state index in [4.69, 9.17) is 16.3 Å². The average molecular weight is 472 g/mol. The van der Waals surface area contributed by atoms with Gasteiger partial charge in [-0.1, -0.05) is 11.6 Å². The Bertz CT molecular complexity index is 1390. The Balaban J connectivity index is 1.60. The number of nitrogens with one attached hydrogen (secondary N) is 1. The summed E-state index contributed by atoms with van der Waals surface area (Å²) in [6.07, 6.45) is 3.17. The summed E-state index contributed by atoms with van der Waals surface area (Å²) in [5.74, 6) is 0.615. The minimum atomic E-state index is -3.89. The van der Waals surface area contributed by atoms with Crippen molar-refractivity contribution in [2.45, 2.75) is 4.90 Å². The molecule has 0 amide bonds. The summed E-state index contributed by atoms with van der Waals surface area (Å²) in [6.45, 7) is 0. The van der Waals surface area contributed by atoms with E-state index < -0.39 is 10.0 Å². The molecule has 8 nitrogen and oxygen atoms in total. The molecule has 0 aliphatic carbocycles. The van der Waals surface area contributed by atoms with E-state index in [-0.39, 0.29) is 21.3 Å². The molecule has 31 heavy (non-hydrogen) atoms. The number of hydrogen-bond acceptors (Lipinski definition) is 7. The molecule has 0 aliphatic heterocycles. The second kappa shape index (κ2) is 8.39. The molecule has 0 atom stereocenters. The van der Waals surface area contributed by atoms with Gasteiger partial charge in [0.25, 0.3) is 10.0 Å². The molecule has 4 aromatic rings. The Kier molecular flexibility index (Phi) is 5.65. The van der Waals surface area contributed by atoms with Crippen LogP contribution in [0.5, 0.6) is 11.5 Å². The second-order valence-electron chi connectivity index (χ2n) is 6.30. The summed E-state index contributed by atoms with van der Waals surface area (Å²) in [4.78, 5) is 3.83. The van der Waals surface area contributed by atoms with Gasteiger partial charge in [-0.05, 0) is 36.4 Å². The van der Waals surface area contributed by atoms with E-state index in [2.05, 4.69) is 14.8 Å². The van der Waals surface area contributed by atoms with Gasteiger partial charge < -0.3 is 4.74 Å². The van der Waals surface area contributed by atoms with Crippen LogP contribution in [0.25, 0.3) is 11.3 Å². The maximum absolute atomic E-state index is 12.5. The van der Waals surface area contributed by atoms with Gasteiger partial charge >= 0.3 is 0 Å². The molecular formula is C20H14ClN5O3S2. The fraction of sp³-hybridized carbons (Fsp3) is 0.0500. The van der Waals surface area contributed by atoms with Crippen molar-refractivity contribution >= 4 is 38.1 Å². The van der Waals surface area contributed by atoms with Crippen LogP contribution in [-0.2, 0) is 17.1 Å². The van der Waals surface area contributed by atoms with Crippen molar-refractivity contribution < 1.29 is 13.2 Å². The van der Waals surface area contributed by atoms with Gasteiger partial charge in [-0.3, -0.25) is 9.40 Å². The number of sulfonamides is 1. The number of nitrogens with zero attached hydrogens (tertiary/aromatic N) is 4. The first kappa shape index (κ1) is 20.9. The Morgan fingerprint density at radius 1 is 1.19 bits per heavy atom. The van der Waals surface area contributed by atoms with Crippen molar-refractivity contribution in [3.05, 3.63) is 70.8 Å². The lowest BCUT2D eigenvalue weighted by Gasteiger charge is -2.12. The van der Waals surface area contributed by atoms with Crippen LogP contribution >= 0.6 is 22.9 Å². The SMILES string of the molecule is Cn1nccc1-c1ccc(Oc2ccc(S(=O)(=O)Nc3nccs3)cc2C#N)cc1Cl. The summed E-state index contributed by atoms with van der Waals surface area (Å²) in [5, 5.41) is 16.0. The van der Waals surface area contributed by atoms with E-state index in [1.807, 2.05) is 19.2 Å². The zero-order chi connectivity index (χ0) is 22.0. The smallest absolute Gasteiger partial charge is 0.263 e. The largest absolute Gasteiger partial charge is 0.456 e. The highest BCUT2D eigenvalue weighted by Gasteiger charge is 2.18. The van der Waals surface area contributed by atoms with Gasteiger partial charge in [-0.2, -0.15) is 10.4 Å². The van der Waals surface area contributed by atoms with E-state index in [1.165, 1.54) is 24.4 Å². The summed E-state index contributed by atoms with van der Waals surface area (Å²) in [6, 6.07) is 13.0. The van der Waals surface area contributed by atoms with Crippen LogP contribution in [-0.4, -0.2) is 23.2 Å². The molecule has 11 heteroatoms. The average Bonchev–Trinajstić information content (AvgIpc) is 3.39. The van der Waals surface area contributed by atoms with Crippen LogP contribution in [0.4, 0.5) is 5.13 Å². The summed E-state index contributed by atoms with van der Waals surface area (Å²) in [7, 11) is -2.07. The third kappa shape index (κ3) is 4.39. The highest BCUT2D eigenvalue weighted by Crippen LogP contribution is 2.34. The lowest BCUT2D eigenvalue weighted by Crippen LogP contribution is -2.13. The van der Waals surface area contributed by atoms with Crippen LogP contribution in [0.3, 0.4) is 0 Å². The predicted molar refractivity (Wildman–Crippen MR) is 118 cm³/mol. The van der Waals surface area contributed by atoms with E-state index in [9.17, 15) is 13.7 Å². The molecule has 1 N–H and O–H groups in total. The minimum Gasteiger partial charge on any atom is -0.456 e. The number of ether oxygens (including phenoxy) is 1. The van der Waals surface area contributed by atoms with Crippen molar-refractivity contribution in [3.63, 3.8) is 0 Å². The quantitative estimate of drug-likeness (QED) is 0.438. The third-order valence-corrected chi connectivity index (χ3v) is 6.77. The zero-order valence-electron chi connectivity index (χ0n) is 16.0. The Morgan fingerprint density at radius 3 is 2.68 bits per heavy atom. The lowest BCUT2D eigenvalue weighted by atomic mass is 10.1. The molecule has 0 saturated heterocycles. The number of thiazole rings is 1. The van der Waals surface area contributed by atoms with E-state index in [0.717, 1.165) is 22.6 Å². The highest BCUT2D eigenvalue weighted by molar-refractivity contribution is 7.93. The molecule has 2 aromatic carbocycles. The van der Waals surface area contributed by atoms with Crippen molar-refractivity contribution in [2.24, 2.45) is 7.05 Å². The number of rotatable bonds is 6. The van der Waals surface area contributed by atoms with Crippen molar-refractivity contribution in [3.8, 4) is 28.8 Å². The Morgan fingerprint density at radius 2 is 2.03 bits per heavy atom. The van der Waals surface area contributed by atoms with Gasteiger partial charge in [0.05, 0.1) is 21.2 Å². The summed E-state index contributed by atoms with van der Waals surface area (Å²) >= 11 is 7.56. The zero-order valence-corrected chi connectivity index (χ0v) is 18.4. The van der Waals surface area contributed by atoms with Gasteiger partial charge in [0.15, 0.2) is 5.13 Å². The first-order valence-corrected chi connectivity index (χ1v) is 11.5. The molecule has 0 spiro atoms. The van der Waals surface area contributed by atoms with Gasteiger partial charge in [0.2, 0.25) is 0 Å². The molecule has 156 valence electrons. The van der Waals surface area contributed by atoms with E-state index in [0.29, 0.717) is 10.8 Å². The number of nitriles is 1. The summed E-state index contributed by atoms with van der Waals surface area (Å²) < 4.78 is 35.0. The van der Waals surface area contributed by atoms with Gasteiger partial charge in [-0.15, -0.1) is 11.3 Å². The van der Waals surface area contributed by atoms with Crippen LogP contribution in [0.2, 0.25) is 5.02 Å². The predicted octanol–water partition coefficient (Wildman–Crippen LogP) is 4.66. The van der Waals surface area contributed by atoms with E-state index in [1.54, 1.807) is 34.5 Å². The number of anilines is 1. The molecule has 2 heterocycles. The van der Waals surface area contributed by atoms with Crippen LogP contribution in [0.1, 0.15) is 5.56 Å². The topological polar surface area (TPSA) is 110 Å². The van der Waals surface area contributed by atoms with Crippen molar-refractivity contribution in [1.29, 1.82) is 5.26 Å². The molecule has 0 fully saturated rings. The maximum atomic E-state index is 12.5. The first-order valence-electron chi connectivity index (χ1n) is 8.79. The van der Waals surface area contributed by atoms with Gasteiger partial charge in [0, 0.05) is 36.5 Å². The maximum Gasteiger partial charge on any atom is 0.263 e. The number of hydrogen-bond donors (Lipinski definition) is 1. The minimum absolute atomic E-state index is 0.0637. The number of benzene rings is 2. The van der Waals surface area contributed by atoms with Crippen molar-refractivity contribution in [1.82, 2.24) is 14.8 Å². The van der Waals surface area contributed by atoms with Gasteiger partial charge in [0.1, 0.15) is 17.6 Å². The van der Waals surface area contributed by atoms with Crippen molar-refractivity contribution in [2.75, 3.05) is 4.72 Å². The highest BCUT2D eigenvalue weighted by atomic mass is 35.5. The molecule has 0 aliphatic rings. The lowest BCUT2D eigenvalue weighted by molar-refractivity contribution is 0.480. The molecule has 0 saturated carbocycles. The third-order valence-electron chi connectivity index (χ3n) is 4.30. The fourth-order valence-electron chi connectivity index (χ4n) is 2.83. The summed E-state index contributed by atoms with van der Waals surface area (Å²) in [5.41, 5.74) is 1.69. The molecule has 4 rings (SSSR count). The monoisotopic (exact) mass is 471 g/mol. The molecule has 2 aromatic heterocycles. The fourth-order valence-corrected chi connectivity index (χ4v) is 4.91. The number of aryl methyl sites for hydroxylation is 1. The normalized spacial score (nSPS) is 11.1. The van der Waals surface area contributed by atoms with Crippen LogP contribution in [0, 0.1) is 11.3 Å². The van der Waals surface area contributed by atoms with Crippen LogP contribution in [0.15, 0.2) is 65.1 Å². The second-order valence-corrected chi connectivity index (χ2v) is 9.28. The molecule has 0 radical (unpaired) electrons.